The maximum atomic E-state index is 13.1. The second-order valence-corrected chi connectivity index (χ2v) is 8.61. The van der Waals surface area contributed by atoms with Gasteiger partial charge in [0.25, 0.3) is 0 Å². The first kappa shape index (κ1) is 21.3. The lowest BCUT2D eigenvalue weighted by atomic mass is 10.1. The Morgan fingerprint density at radius 2 is 1.73 bits per heavy atom. The lowest BCUT2D eigenvalue weighted by Crippen LogP contribution is -2.44. The van der Waals surface area contributed by atoms with Crippen LogP contribution in [0, 0.1) is 6.92 Å². The molecule has 1 aliphatic rings. The minimum absolute atomic E-state index is 0.0305. The first-order valence-electron chi connectivity index (χ1n) is 11.4. The van der Waals surface area contributed by atoms with E-state index < -0.39 is 0 Å². The van der Waals surface area contributed by atoms with Gasteiger partial charge in [-0.1, -0.05) is 30.3 Å². The van der Waals surface area contributed by atoms with Crippen LogP contribution in [0.15, 0.2) is 76.4 Å². The number of imidazole rings is 1. The predicted octanol–water partition coefficient (Wildman–Crippen LogP) is 3.60. The predicted molar refractivity (Wildman–Crippen MR) is 130 cm³/mol. The minimum atomic E-state index is -0.0305. The number of aryl methyl sites for hydroxylation is 3. The van der Waals surface area contributed by atoms with Crippen LogP contribution in [0.2, 0.25) is 0 Å². The van der Waals surface area contributed by atoms with Crippen LogP contribution in [0.25, 0.3) is 16.9 Å². The molecule has 0 radical (unpaired) electrons. The van der Waals surface area contributed by atoms with E-state index in [0.29, 0.717) is 12.4 Å². The van der Waals surface area contributed by atoms with Gasteiger partial charge in [0, 0.05) is 63.3 Å². The average Bonchev–Trinajstić information content (AvgIpc) is 3.44. The van der Waals surface area contributed by atoms with Gasteiger partial charge in [-0.15, -0.1) is 0 Å². The van der Waals surface area contributed by atoms with E-state index in [0.717, 1.165) is 49.5 Å². The molecule has 4 aromatic rings. The number of hydrogen-bond donors (Lipinski definition) is 0. The standard InChI is InChI=1S/C26H29N5O2/c1-20-27-24(19-33-20)21-7-9-23(10-8-21)31-18-17-30(26(31)32)12-11-22-5-3-4-6-25(22)29-15-13-28(2)14-16-29/h3-10,17-19H,11-16H2,1-2H3. The fraction of sp³-hybridized carbons (Fsp3) is 0.308. The first-order chi connectivity index (χ1) is 16.1. The Morgan fingerprint density at radius 1 is 0.970 bits per heavy atom. The van der Waals surface area contributed by atoms with Crippen molar-refractivity contribution in [2.45, 2.75) is 19.9 Å². The van der Waals surface area contributed by atoms with Gasteiger partial charge in [0.1, 0.15) is 12.0 Å². The zero-order valence-corrected chi connectivity index (χ0v) is 19.1. The van der Waals surface area contributed by atoms with Crippen molar-refractivity contribution in [2.75, 3.05) is 38.1 Å². The molecule has 5 rings (SSSR count). The number of rotatable bonds is 6. The van der Waals surface area contributed by atoms with Crippen molar-refractivity contribution in [1.29, 1.82) is 0 Å². The highest BCUT2D eigenvalue weighted by Crippen LogP contribution is 2.23. The van der Waals surface area contributed by atoms with E-state index in [2.05, 4.69) is 46.1 Å². The third kappa shape index (κ3) is 4.50. The summed E-state index contributed by atoms with van der Waals surface area (Å²) in [4.78, 5) is 22.2. The molecule has 0 bridgehead atoms. The molecule has 3 heterocycles. The Morgan fingerprint density at radius 3 is 2.45 bits per heavy atom. The quantitative estimate of drug-likeness (QED) is 0.456. The van der Waals surface area contributed by atoms with Crippen molar-refractivity contribution in [3.63, 3.8) is 0 Å². The van der Waals surface area contributed by atoms with E-state index in [1.807, 2.05) is 43.6 Å². The summed E-state index contributed by atoms with van der Waals surface area (Å²) in [6.45, 7) is 6.69. The van der Waals surface area contributed by atoms with Crippen molar-refractivity contribution < 1.29 is 4.42 Å². The first-order valence-corrected chi connectivity index (χ1v) is 11.4. The van der Waals surface area contributed by atoms with Gasteiger partial charge in [0.05, 0.1) is 5.69 Å². The van der Waals surface area contributed by atoms with E-state index in [1.165, 1.54) is 11.3 Å². The maximum absolute atomic E-state index is 13.1. The minimum Gasteiger partial charge on any atom is -0.449 e. The van der Waals surface area contributed by atoms with E-state index in [-0.39, 0.29) is 5.69 Å². The van der Waals surface area contributed by atoms with Crippen LogP contribution in [0.1, 0.15) is 11.5 Å². The summed E-state index contributed by atoms with van der Waals surface area (Å²) in [7, 11) is 2.17. The summed E-state index contributed by atoms with van der Waals surface area (Å²) in [5.41, 5.74) is 5.13. The van der Waals surface area contributed by atoms with Gasteiger partial charge in [-0.05, 0) is 37.2 Å². The zero-order valence-electron chi connectivity index (χ0n) is 19.1. The summed E-state index contributed by atoms with van der Waals surface area (Å²) < 4.78 is 8.77. The zero-order chi connectivity index (χ0) is 22.8. The highest BCUT2D eigenvalue weighted by molar-refractivity contribution is 5.59. The molecule has 1 aliphatic heterocycles. The van der Waals surface area contributed by atoms with Crippen molar-refractivity contribution in [1.82, 2.24) is 19.0 Å². The molecule has 0 unspecified atom stereocenters. The van der Waals surface area contributed by atoms with E-state index >= 15 is 0 Å². The number of anilines is 1. The Kier molecular flexibility index (Phi) is 5.88. The number of aromatic nitrogens is 3. The molecule has 2 aromatic carbocycles. The van der Waals surface area contributed by atoms with Crippen LogP contribution in [0.4, 0.5) is 5.69 Å². The van der Waals surface area contributed by atoms with Crippen LogP contribution in [0.3, 0.4) is 0 Å². The smallest absolute Gasteiger partial charge is 0.332 e. The number of para-hydroxylation sites is 1. The number of likely N-dealkylation sites (N-methyl/N-ethyl adjacent to an activating group) is 1. The molecule has 0 saturated carbocycles. The number of nitrogens with zero attached hydrogens (tertiary/aromatic N) is 5. The van der Waals surface area contributed by atoms with Crippen molar-refractivity contribution >= 4 is 5.69 Å². The summed E-state index contributed by atoms with van der Waals surface area (Å²) in [6, 6.07) is 16.4. The third-order valence-corrected chi connectivity index (χ3v) is 6.37. The average molecular weight is 444 g/mol. The topological polar surface area (TPSA) is 59.4 Å². The van der Waals surface area contributed by atoms with Gasteiger partial charge in [0.2, 0.25) is 0 Å². The SMILES string of the molecule is Cc1nc(-c2ccc(-n3ccn(CCc4ccccc4N4CCN(C)CC4)c3=O)cc2)co1. The highest BCUT2D eigenvalue weighted by atomic mass is 16.3. The van der Waals surface area contributed by atoms with Gasteiger partial charge in [-0.2, -0.15) is 0 Å². The molecule has 0 atom stereocenters. The Hall–Kier alpha value is -3.58. The Bertz CT molecular complexity index is 1280. The monoisotopic (exact) mass is 443 g/mol. The van der Waals surface area contributed by atoms with Crippen LogP contribution < -0.4 is 10.6 Å². The van der Waals surface area contributed by atoms with Gasteiger partial charge >= 0.3 is 5.69 Å². The second kappa shape index (κ2) is 9.11. The molecule has 2 aromatic heterocycles. The van der Waals surface area contributed by atoms with Crippen LogP contribution in [-0.2, 0) is 13.0 Å². The van der Waals surface area contributed by atoms with Crippen LogP contribution in [-0.4, -0.2) is 52.2 Å². The van der Waals surface area contributed by atoms with Crippen molar-refractivity contribution in [3.05, 3.63) is 89.1 Å². The summed E-state index contributed by atoms with van der Waals surface area (Å²) in [5.74, 6) is 0.636. The summed E-state index contributed by atoms with van der Waals surface area (Å²) in [6.07, 6.45) is 6.17. The molecular formula is C26H29N5O2. The number of oxazole rings is 1. The van der Waals surface area contributed by atoms with Gasteiger partial charge in [-0.25, -0.2) is 9.78 Å². The lowest BCUT2D eigenvalue weighted by Gasteiger charge is -2.35. The molecule has 0 spiro atoms. The second-order valence-electron chi connectivity index (χ2n) is 8.61. The number of piperazine rings is 1. The van der Waals surface area contributed by atoms with Crippen LogP contribution in [0.5, 0.6) is 0 Å². The fourth-order valence-electron chi connectivity index (χ4n) is 4.39. The fourth-order valence-corrected chi connectivity index (χ4v) is 4.39. The van der Waals surface area contributed by atoms with Gasteiger partial charge in [0.15, 0.2) is 5.89 Å². The highest BCUT2D eigenvalue weighted by Gasteiger charge is 2.17. The Balaban J connectivity index is 1.30. The largest absolute Gasteiger partial charge is 0.449 e. The molecule has 0 amide bonds. The summed E-state index contributed by atoms with van der Waals surface area (Å²) >= 11 is 0. The molecular weight excluding hydrogens is 414 g/mol. The van der Waals surface area contributed by atoms with Gasteiger partial charge < -0.3 is 14.2 Å². The number of benzene rings is 2. The molecule has 0 N–H and O–H groups in total. The summed E-state index contributed by atoms with van der Waals surface area (Å²) in [5, 5.41) is 0. The molecule has 7 heteroatoms. The van der Waals surface area contributed by atoms with E-state index in [1.54, 1.807) is 15.4 Å². The molecule has 170 valence electrons. The third-order valence-electron chi connectivity index (χ3n) is 6.37. The van der Waals surface area contributed by atoms with Crippen molar-refractivity contribution in [3.8, 4) is 16.9 Å². The molecule has 0 aliphatic carbocycles. The maximum Gasteiger partial charge on any atom is 0.332 e. The van der Waals surface area contributed by atoms with E-state index in [9.17, 15) is 4.79 Å². The molecule has 1 fully saturated rings. The van der Waals surface area contributed by atoms with Gasteiger partial charge in [-0.3, -0.25) is 9.13 Å². The van der Waals surface area contributed by atoms with Crippen LogP contribution >= 0.6 is 0 Å². The lowest BCUT2D eigenvalue weighted by molar-refractivity contribution is 0.312. The Labute approximate surface area is 193 Å². The molecule has 1 saturated heterocycles. The molecule has 33 heavy (non-hydrogen) atoms. The molecule has 7 nitrogen and oxygen atoms in total. The normalized spacial score (nSPS) is 14.7. The van der Waals surface area contributed by atoms with Crippen molar-refractivity contribution in [2.24, 2.45) is 0 Å². The van der Waals surface area contributed by atoms with E-state index in [4.69, 9.17) is 4.42 Å². The number of hydrogen-bond acceptors (Lipinski definition) is 5.